The van der Waals surface area contributed by atoms with Crippen LogP contribution in [-0.2, 0) is 21.2 Å². The molecule has 0 aliphatic carbocycles. The van der Waals surface area contributed by atoms with E-state index in [9.17, 15) is 13.2 Å². The van der Waals surface area contributed by atoms with Gasteiger partial charge in [0.15, 0.2) is 9.84 Å². The average molecular weight is 345 g/mol. The summed E-state index contributed by atoms with van der Waals surface area (Å²) in [6, 6.07) is 16.9. The van der Waals surface area contributed by atoms with Crippen molar-refractivity contribution in [1.82, 2.24) is 4.90 Å². The standard InChI is InChI=1S/C18H19NO4S/c1-24(21,22)17-11-12-19(18(17)20)13-14-7-9-16(10-8-14)23-15-5-3-2-4-6-15/h2-10,17H,11-13H2,1H3. The monoisotopic (exact) mass is 345 g/mol. The van der Waals surface area contributed by atoms with Crippen LogP contribution >= 0.6 is 0 Å². The third-order valence-electron chi connectivity index (χ3n) is 4.04. The molecular formula is C18H19NO4S. The van der Waals surface area contributed by atoms with Gasteiger partial charge < -0.3 is 9.64 Å². The van der Waals surface area contributed by atoms with E-state index < -0.39 is 15.1 Å². The Balaban J connectivity index is 1.64. The number of sulfone groups is 1. The van der Waals surface area contributed by atoms with Crippen molar-refractivity contribution in [3.8, 4) is 11.5 Å². The number of carbonyl (C=O) groups is 1. The van der Waals surface area contributed by atoms with Gasteiger partial charge in [0.2, 0.25) is 5.91 Å². The molecule has 1 fully saturated rings. The molecule has 1 atom stereocenters. The largest absolute Gasteiger partial charge is 0.457 e. The van der Waals surface area contributed by atoms with Gasteiger partial charge in [-0.25, -0.2) is 8.42 Å². The topological polar surface area (TPSA) is 63.7 Å². The maximum Gasteiger partial charge on any atom is 0.241 e. The lowest BCUT2D eigenvalue weighted by Gasteiger charge is -2.16. The summed E-state index contributed by atoms with van der Waals surface area (Å²) in [6.45, 7) is 0.884. The Morgan fingerprint density at radius 1 is 1.04 bits per heavy atom. The molecule has 1 saturated heterocycles. The van der Waals surface area contributed by atoms with Crippen molar-refractivity contribution in [2.75, 3.05) is 12.8 Å². The predicted molar refractivity (Wildman–Crippen MR) is 91.6 cm³/mol. The summed E-state index contributed by atoms with van der Waals surface area (Å²) in [5, 5.41) is -0.891. The van der Waals surface area contributed by atoms with Crippen LogP contribution in [0.2, 0.25) is 0 Å². The van der Waals surface area contributed by atoms with Gasteiger partial charge in [-0.05, 0) is 36.2 Å². The highest BCUT2D eigenvalue weighted by Crippen LogP contribution is 2.23. The molecule has 1 aliphatic rings. The van der Waals surface area contributed by atoms with Crippen LogP contribution in [0.15, 0.2) is 54.6 Å². The summed E-state index contributed by atoms with van der Waals surface area (Å²) in [5.74, 6) is 1.17. The molecule has 5 nitrogen and oxygen atoms in total. The fraction of sp³-hybridized carbons (Fsp3) is 0.278. The van der Waals surface area contributed by atoms with E-state index in [0.717, 1.165) is 17.6 Å². The number of benzene rings is 2. The highest BCUT2D eigenvalue weighted by molar-refractivity contribution is 7.92. The van der Waals surface area contributed by atoms with Crippen molar-refractivity contribution < 1.29 is 17.9 Å². The summed E-state index contributed by atoms with van der Waals surface area (Å²) in [6.07, 6.45) is 1.49. The lowest BCUT2D eigenvalue weighted by molar-refractivity contribution is -0.127. The van der Waals surface area contributed by atoms with Gasteiger partial charge in [0.25, 0.3) is 0 Å². The number of rotatable bonds is 5. The second-order valence-electron chi connectivity index (χ2n) is 5.93. The third kappa shape index (κ3) is 3.76. The van der Waals surface area contributed by atoms with Crippen LogP contribution < -0.4 is 4.74 Å². The minimum absolute atomic E-state index is 0.304. The molecule has 126 valence electrons. The molecule has 0 radical (unpaired) electrons. The Kier molecular flexibility index (Phi) is 4.57. The van der Waals surface area contributed by atoms with Gasteiger partial charge in [0.1, 0.15) is 16.7 Å². The first kappa shape index (κ1) is 16.5. The molecule has 0 spiro atoms. The molecule has 1 aliphatic heterocycles. The highest BCUT2D eigenvalue weighted by Gasteiger charge is 2.38. The molecule has 3 rings (SSSR count). The highest BCUT2D eigenvalue weighted by atomic mass is 32.2. The van der Waals surface area contributed by atoms with Crippen molar-refractivity contribution in [3.05, 3.63) is 60.2 Å². The van der Waals surface area contributed by atoms with Crippen molar-refractivity contribution >= 4 is 15.7 Å². The van der Waals surface area contributed by atoms with Gasteiger partial charge in [0.05, 0.1) is 0 Å². The maximum absolute atomic E-state index is 12.2. The minimum Gasteiger partial charge on any atom is -0.457 e. The Hall–Kier alpha value is -2.34. The molecule has 1 unspecified atom stereocenters. The smallest absolute Gasteiger partial charge is 0.241 e. The van der Waals surface area contributed by atoms with Crippen LogP contribution in [0.3, 0.4) is 0 Å². The van der Waals surface area contributed by atoms with E-state index in [1.807, 2.05) is 54.6 Å². The van der Waals surface area contributed by atoms with Crippen LogP contribution in [0.25, 0.3) is 0 Å². The van der Waals surface area contributed by atoms with Crippen molar-refractivity contribution in [3.63, 3.8) is 0 Å². The number of nitrogens with zero attached hydrogens (tertiary/aromatic N) is 1. The molecule has 1 amide bonds. The maximum atomic E-state index is 12.2. The van der Waals surface area contributed by atoms with Gasteiger partial charge in [-0.3, -0.25) is 4.79 Å². The lowest BCUT2D eigenvalue weighted by Crippen LogP contribution is -2.33. The average Bonchev–Trinajstić information content (AvgIpc) is 2.91. The van der Waals surface area contributed by atoms with Crippen LogP contribution in [0.5, 0.6) is 11.5 Å². The second kappa shape index (κ2) is 6.65. The molecule has 0 N–H and O–H groups in total. The summed E-state index contributed by atoms with van der Waals surface area (Å²) in [5.41, 5.74) is 0.943. The van der Waals surface area contributed by atoms with Crippen molar-refractivity contribution in [2.24, 2.45) is 0 Å². The number of para-hydroxylation sites is 1. The molecule has 0 bridgehead atoms. The first-order chi connectivity index (χ1) is 11.4. The lowest BCUT2D eigenvalue weighted by atomic mass is 10.2. The first-order valence-electron chi connectivity index (χ1n) is 7.73. The van der Waals surface area contributed by atoms with E-state index in [-0.39, 0.29) is 5.91 Å². The van der Waals surface area contributed by atoms with Crippen LogP contribution in [0.1, 0.15) is 12.0 Å². The van der Waals surface area contributed by atoms with E-state index in [1.165, 1.54) is 0 Å². The quantitative estimate of drug-likeness (QED) is 0.836. The zero-order valence-electron chi connectivity index (χ0n) is 13.4. The number of likely N-dealkylation sites (tertiary alicyclic amines) is 1. The number of hydrogen-bond donors (Lipinski definition) is 0. The van der Waals surface area contributed by atoms with E-state index in [0.29, 0.717) is 25.3 Å². The number of ether oxygens (including phenoxy) is 1. The van der Waals surface area contributed by atoms with Gasteiger partial charge >= 0.3 is 0 Å². The predicted octanol–water partition coefficient (Wildman–Crippen LogP) is 2.62. The van der Waals surface area contributed by atoms with E-state index in [2.05, 4.69) is 0 Å². The Morgan fingerprint density at radius 3 is 2.25 bits per heavy atom. The molecule has 2 aromatic rings. The molecular weight excluding hydrogens is 326 g/mol. The number of amides is 1. The van der Waals surface area contributed by atoms with Crippen LogP contribution in [0.4, 0.5) is 0 Å². The summed E-state index contributed by atoms with van der Waals surface area (Å²) in [4.78, 5) is 13.8. The van der Waals surface area contributed by atoms with Gasteiger partial charge in [-0.2, -0.15) is 0 Å². The van der Waals surface area contributed by atoms with Crippen molar-refractivity contribution in [1.29, 1.82) is 0 Å². The summed E-state index contributed by atoms with van der Waals surface area (Å²) in [7, 11) is -3.33. The van der Waals surface area contributed by atoms with E-state index >= 15 is 0 Å². The molecule has 2 aromatic carbocycles. The summed E-state index contributed by atoms with van der Waals surface area (Å²) >= 11 is 0. The third-order valence-corrected chi connectivity index (χ3v) is 5.51. The van der Waals surface area contributed by atoms with E-state index in [4.69, 9.17) is 4.74 Å². The molecule has 24 heavy (non-hydrogen) atoms. The van der Waals surface area contributed by atoms with Gasteiger partial charge in [-0.1, -0.05) is 30.3 Å². The summed E-state index contributed by atoms with van der Waals surface area (Å²) < 4.78 is 28.9. The SMILES string of the molecule is CS(=O)(=O)C1CCN(Cc2ccc(Oc3ccccc3)cc2)C1=O. The fourth-order valence-electron chi connectivity index (χ4n) is 2.77. The zero-order chi connectivity index (χ0) is 17.2. The minimum atomic E-state index is -3.33. The molecule has 1 heterocycles. The Labute approximate surface area is 141 Å². The number of carbonyl (C=O) groups excluding carboxylic acids is 1. The van der Waals surface area contributed by atoms with Crippen LogP contribution in [0, 0.1) is 0 Å². The normalized spacial score (nSPS) is 18.0. The van der Waals surface area contributed by atoms with Crippen molar-refractivity contribution in [2.45, 2.75) is 18.2 Å². The Bertz CT molecular complexity index is 816. The fourth-order valence-corrected chi connectivity index (χ4v) is 3.82. The first-order valence-corrected chi connectivity index (χ1v) is 9.68. The second-order valence-corrected chi connectivity index (χ2v) is 8.15. The molecule has 0 saturated carbocycles. The zero-order valence-corrected chi connectivity index (χ0v) is 14.2. The number of hydrogen-bond acceptors (Lipinski definition) is 4. The van der Waals surface area contributed by atoms with Gasteiger partial charge in [-0.15, -0.1) is 0 Å². The van der Waals surface area contributed by atoms with Crippen LogP contribution in [-0.4, -0.2) is 37.3 Å². The van der Waals surface area contributed by atoms with Gasteiger partial charge in [0, 0.05) is 19.3 Å². The Morgan fingerprint density at radius 2 is 1.67 bits per heavy atom. The molecule has 0 aromatic heterocycles. The molecule has 6 heteroatoms. The van der Waals surface area contributed by atoms with E-state index in [1.54, 1.807) is 4.90 Å².